The van der Waals surface area contributed by atoms with Crippen LogP contribution in [0.15, 0.2) is 18.2 Å². The van der Waals surface area contributed by atoms with Crippen molar-refractivity contribution in [2.24, 2.45) is 0 Å². The molecular weight excluding hydrogens is 393 g/mol. The number of amides is 1. The first-order chi connectivity index (χ1) is 7.75. The summed E-state index contributed by atoms with van der Waals surface area (Å²) in [6, 6.07) is 5.78. The van der Waals surface area contributed by atoms with Crippen LogP contribution in [0.1, 0.15) is 36.7 Å². The third-order valence-corrected chi connectivity index (χ3v) is 5.44. The normalized spacial score (nSPS) is 13.3. The largest absolute Gasteiger partial charge is 0.346 e. The van der Waals surface area contributed by atoms with E-state index in [0.717, 1.165) is 14.7 Å². The van der Waals surface area contributed by atoms with Crippen molar-refractivity contribution < 1.29 is 4.79 Å². The number of carbonyl (C=O) groups excluding carboxylic acids is 1. The zero-order valence-corrected chi connectivity index (χ0v) is 14.2. The average molecular weight is 410 g/mol. The van der Waals surface area contributed by atoms with Gasteiger partial charge in [0.05, 0.1) is 5.56 Å². The Bertz CT molecular complexity index is 429. The number of hydrogen-bond acceptors (Lipinski definition) is 1. The molecule has 0 saturated carbocycles. The van der Waals surface area contributed by atoms with Crippen molar-refractivity contribution in [2.45, 2.75) is 38.1 Å². The summed E-state index contributed by atoms with van der Waals surface area (Å²) in [7, 11) is 0. The Morgan fingerprint density at radius 3 is 2.59 bits per heavy atom. The van der Waals surface area contributed by atoms with E-state index >= 15 is 0 Å². The average Bonchev–Trinajstić information content (AvgIpc) is 2.21. The van der Waals surface area contributed by atoms with Gasteiger partial charge in [0.1, 0.15) is 0 Å². The van der Waals surface area contributed by atoms with E-state index in [1.54, 1.807) is 0 Å². The SMILES string of the molecule is Cc1cccc(C(=O)NC(C)(C)C(C)Br)c1I. The fourth-order valence-electron chi connectivity index (χ4n) is 1.28. The van der Waals surface area contributed by atoms with Gasteiger partial charge >= 0.3 is 0 Å². The Hall–Kier alpha value is -0.100. The molecule has 0 fully saturated rings. The van der Waals surface area contributed by atoms with E-state index in [4.69, 9.17) is 0 Å². The molecule has 0 heterocycles. The monoisotopic (exact) mass is 409 g/mol. The van der Waals surface area contributed by atoms with Gasteiger partial charge in [-0.3, -0.25) is 4.79 Å². The number of halogens is 2. The Labute approximate surface area is 125 Å². The molecule has 0 aliphatic heterocycles. The van der Waals surface area contributed by atoms with Gasteiger partial charge in [-0.15, -0.1) is 0 Å². The molecule has 1 rings (SSSR count). The lowest BCUT2D eigenvalue weighted by molar-refractivity contribution is 0.0913. The summed E-state index contributed by atoms with van der Waals surface area (Å²) in [5, 5.41) is 3.05. The second-order valence-corrected chi connectivity index (χ2v) is 7.18. The molecule has 0 bridgehead atoms. The van der Waals surface area contributed by atoms with Gasteiger partial charge in [0.15, 0.2) is 0 Å². The van der Waals surface area contributed by atoms with Gasteiger partial charge in [-0.1, -0.05) is 35.0 Å². The number of carbonyl (C=O) groups is 1. The fourth-order valence-corrected chi connectivity index (χ4v) is 2.00. The third kappa shape index (κ3) is 3.68. The first-order valence-corrected chi connectivity index (χ1v) is 7.47. The zero-order valence-electron chi connectivity index (χ0n) is 10.5. The Kier molecular flexibility index (Phi) is 5.01. The minimum atomic E-state index is -0.274. The van der Waals surface area contributed by atoms with Crippen molar-refractivity contribution in [3.63, 3.8) is 0 Å². The van der Waals surface area contributed by atoms with Gasteiger partial charge in [0.2, 0.25) is 0 Å². The minimum absolute atomic E-state index is 0.0191. The van der Waals surface area contributed by atoms with Gasteiger partial charge in [0.25, 0.3) is 5.91 Å². The molecule has 1 aromatic rings. The smallest absolute Gasteiger partial charge is 0.252 e. The van der Waals surface area contributed by atoms with Gasteiger partial charge in [-0.2, -0.15) is 0 Å². The molecule has 1 amide bonds. The summed E-state index contributed by atoms with van der Waals surface area (Å²) in [4.78, 5) is 12.4. The molecule has 0 aliphatic rings. The van der Waals surface area contributed by atoms with E-state index in [9.17, 15) is 4.79 Å². The van der Waals surface area contributed by atoms with E-state index in [-0.39, 0.29) is 16.3 Å². The summed E-state index contributed by atoms with van der Waals surface area (Å²) >= 11 is 5.73. The highest BCUT2D eigenvalue weighted by molar-refractivity contribution is 14.1. The molecule has 1 atom stereocenters. The van der Waals surface area contributed by atoms with Crippen molar-refractivity contribution in [3.8, 4) is 0 Å². The van der Waals surface area contributed by atoms with Crippen LogP contribution in [0.3, 0.4) is 0 Å². The Balaban J connectivity index is 2.95. The van der Waals surface area contributed by atoms with E-state index in [1.807, 2.05) is 45.9 Å². The van der Waals surface area contributed by atoms with Gasteiger partial charge in [0, 0.05) is 13.9 Å². The highest BCUT2D eigenvalue weighted by Crippen LogP contribution is 2.20. The molecule has 0 radical (unpaired) electrons. The van der Waals surface area contributed by atoms with E-state index in [0.29, 0.717) is 0 Å². The van der Waals surface area contributed by atoms with E-state index in [1.165, 1.54) is 0 Å². The Morgan fingerprint density at radius 1 is 1.47 bits per heavy atom. The zero-order chi connectivity index (χ0) is 13.2. The molecule has 0 aliphatic carbocycles. The number of hydrogen-bond donors (Lipinski definition) is 1. The lowest BCUT2D eigenvalue weighted by Gasteiger charge is -2.29. The van der Waals surface area contributed by atoms with Crippen LogP contribution in [0.5, 0.6) is 0 Å². The molecule has 0 saturated heterocycles. The lowest BCUT2D eigenvalue weighted by Crippen LogP contribution is -2.49. The van der Waals surface area contributed by atoms with Crippen molar-refractivity contribution in [1.82, 2.24) is 5.32 Å². The van der Waals surface area contributed by atoms with Gasteiger partial charge < -0.3 is 5.32 Å². The van der Waals surface area contributed by atoms with Crippen LogP contribution in [0.2, 0.25) is 0 Å². The molecule has 4 heteroatoms. The Morgan fingerprint density at radius 2 is 2.06 bits per heavy atom. The first kappa shape index (κ1) is 15.0. The topological polar surface area (TPSA) is 29.1 Å². The van der Waals surface area contributed by atoms with Crippen molar-refractivity contribution >= 4 is 44.4 Å². The maximum atomic E-state index is 12.2. The second-order valence-electron chi connectivity index (χ2n) is 4.73. The number of nitrogens with one attached hydrogen (secondary N) is 1. The van der Waals surface area contributed by atoms with Crippen LogP contribution in [-0.4, -0.2) is 16.3 Å². The molecule has 1 unspecified atom stereocenters. The predicted octanol–water partition coefficient (Wildman–Crippen LogP) is 3.89. The van der Waals surface area contributed by atoms with Crippen molar-refractivity contribution in [2.75, 3.05) is 0 Å². The first-order valence-electron chi connectivity index (χ1n) is 5.47. The van der Waals surface area contributed by atoms with E-state index in [2.05, 4.69) is 43.8 Å². The summed E-state index contributed by atoms with van der Waals surface area (Å²) in [5.74, 6) is -0.0191. The second kappa shape index (κ2) is 5.69. The van der Waals surface area contributed by atoms with Crippen LogP contribution in [0.4, 0.5) is 0 Å². The van der Waals surface area contributed by atoms with Crippen molar-refractivity contribution in [1.29, 1.82) is 0 Å². The number of benzene rings is 1. The number of alkyl halides is 1. The summed E-state index contributed by atoms with van der Waals surface area (Å²) in [5.41, 5.74) is 1.60. The highest BCUT2D eigenvalue weighted by Gasteiger charge is 2.26. The molecule has 0 spiro atoms. The maximum Gasteiger partial charge on any atom is 0.252 e. The molecule has 1 aromatic carbocycles. The number of aryl methyl sites for hydroxylation is 1. The standard InChI is InChI=1S/C13H17BrINO/c1-8-6-5-7-10(11(8)15)12(17)16-13(3,4)9(2)14/h5-7,9H,1-4H3,(H,16,17). The van der Waals surface area contributed by atoms with Gasteiger partial charge in [-0.25, -0.2) is 0 Å². The minimum Gasteiger partial charge on any atom is -0.346 e. The van der Waals surface area contributed by atoms with Crippen LogP contribution < -0.4 is 5.32 Å². The van der Waals surface area contributed by atoms with Crippen molar-refractivity contribution in [3.05, 3.63) is 32.9 Å². The molecule has 94 valence electrons. The van der Waals surface area contributed by atoms with Crippen LogP contribution in [-0.2, 0) is 0 Å². The predicted molar refractivity (Wildman–Crippen MR) is 83.8 cm³/mol. The quantitative estimate of drug-likeness (QED) is 0.595. The van der Waals surface area contributed by atoms with Crippen LogP contribution >= 0.6 is 38.5 Å². The van der Waals surface area contributed by atoms with Crippen LogP contribution in [0.25, 0.3) is 0 Å². The summed E-state index contributed by atoms with van der Waals surface area (Å²) in [6.45, 7) is 8.05. The molecule has 2 nitrogen and oxygen atoms in total. The van der Waals surface area contributed by atoms with E-state index < -0.39 is 0 Å². The molecule has 17 heavy (non-hydrogen) atoms. The number of rotatable bonds is 3. The molecule has 1 N–H and O–H groups in total. The maximum absolute atomic E-state index is 12.2. The summed E-state index contributed by atoms with van der Waals surface area (Å²) in [6.07, 6.45) is 0. The summed E-state index contributed by atoms with van der Waals surface area (Å²) < 4.78 is 1.01. The fraction of sp³-hybridized carbons (Fsp3) is 0.462. The molecular formula is C13H17BrINO. The molecule has 0 aromatic heterocycles. The third-order valence-electron chi connectivity index (χ3n) is 2.87. The van der Waals surface area contributed by atoms with Gasteiger partial charge in [-0.05, 0) is 55.0 Å². The lowest BCUT2D eigenvalue weighted by atomic mass is 10.0. The van der Waals surface area contributed by atoms with Crippen LogP contribution in [0, 0.1) is 10.5 Å². The highest BCUT2D eigenvalue weighted by atomic mass is 127.